The van der Waals surface area contributed by atoms with Crippen molar-refractivity contribution < 1.29 is 0 Å². The molecule has 0 heterocycles. The van der Waals surface area contributed by atoms with Crippen molar-refractivity contribution in [2.24, 2.45) is 5.73 Å². The summed E-state index contributed by atoms with van der Waals surface area (Å²) in [6.45, 7) is 4.46. The van der Waals surface area contributed by atoms with Gasteiger partial charge >= 0.3 is 0 Å². The van der Waals surface area contributed by atoms with Gasteiger partial charge in [0.2, 0.25) is 0 Å². The highest BCUT2D eigenvalue weighted by Gasteiger charge is 2.32. The lowest BCUT2D eigenvalue weighted by atomic mass is 9.73. The van der Waals surface area contributed by atoms with Gasteiger partial charge in [-0.2, -0.15) is 0 Å². The molecule has 0 aliphatic heterocycles. The summed E-state index contributed by atoms with van der Waals surface area (Å²) in [5.74, 6) is 0.620. The Kier molecular flexibility index (Phi) is 2.83. The highest BCUT2D eigenvalue weighted by molar-refractivity contribution is 5.26. The Bertz CT molecular complexity index is 320. The molecule has 15 heavy (non-hydrogen) atoms. The summed E-state index contributed by atoms with van der Waals surface area (Å²) in [5, 5.41) is 0. The number of hydrogen-bond acceptors (Lipinski definition) is 1. The fourth-order valence-corrected chi connectivity index (χ4v) is 2.23. The van der Waals surface area contributed by atoms with Gasteiger partial charge in [-0.25, -0.2) is 0 Å². The zero-order chi connectivity index (χ0) is 10.9. The van der Waals surface area contributed by atoms with Crippen molar-refractivity contribution in [3.8, 4) is 0 Å². The van der Waals surface area contributed by atoms with Gasteiger partial charge in [-0.15, -0.1) is 0 Å². The average Bonchev–Trinajstić information content (AvgIpc) is 2.16. The SMILES string of the molecule is CC(C)c1ccc(CC2(N)CCC2)cc1. The van der Waals surface area contributed by atoms with Crippen LogP contribution < -0.4 is 5.73 Å². The van der Waals surface area contributed by atoms with Crippen LogP contribution in [-0.2, 0) is 6.42 Å². The molecule has 1 aromatic rings. The molecule has 2 N–H and O–H groups in total. The second kappa shape index (κ2) is 3.97. The monoisotopic (exact) mass is 203 g/mol. The van der Waals surface area contributed by atoms with Crippen LogP contribution >= 0.6 is 0 Å². The first kappa shape index (κ1) is 10.7. The van der Waals surface area contributed by atoms with Crippen molar-refractivity contribution in [3.63, 3.8) is 0 Å². The standard InChI is InChI=1S/C14H21N/c1-11(2)13-6-4-12(5-7-13)10-14(15)8-3-9-14/h4-7,11H,3,8-10,15H2,1-2H3. The third-order valence-corrected chi connectivity index (χ3v) is 3.55. The molecule has 1 fully saturated rings. The van der Waals surface area contributed by atoms with E-state index in [0.29, 0.717) is 5.92 Å². The summed E-state index contributed by atoms with van der Waals surface area (Å²) in [5.41, 5.74) is 9.15. The Balaban J connectivity index is 2.04. The van der Waals surface area contributed by atoms with E-state index >= 15 is 0 Å². The topological polar surface area (TPSA) is 26.0 Å². The average molecular weight is 203 g/mol. The number of rotatable bonds is 3. The van der Waals surface area contributed by atoms with Crippen molar-refractivity contribution in [1.82, 2.24) is 0 Å². The molecule has 1 nitrogen and oxygen atoms in total. The molecule has 0 radical (unpaired) electrons. The predicted octanol–water partition coefficient (Wildman–Crippen LogP) is 3.23. The van der Waals surface area contributed by atoms with Gasteiger partial charge in [0.25, 0.3) is 0 Å². The first-order valence-electron chi connectivity index (χ1n) is 5.97. The van der Waals surface area contributed by atoms with Gasteiger partial charge in [0.15, 0.2) is 0 Å². The summed E-state index contributed by atoms with van der Waals surface area (Å²) < 4.78 is 0. The van der Waals surface area contributed by atoms with E-state index in [2.05, 4.69) is 38.1 Å². The molecule has 0 amide bonds. The zero-order valence-corrected chi connectivity index (χ0v) is 9.79. The van der Waals surface area contributed by atoms with E-state index in [1.165, 1.54) is 30.4 Å². The lowest BCUT2D eigenvalue weighted by Crippen LogP contribution is -2.48. The molecule has 1 aromatic carbocycles. The van der Waals surface area contributed by atoms with Crippen LogP contribution in [0.4, 0.5) is 0 Å². The van der Waals surface area contributed by atoms with Crippen LogP contribution in [0, 0.1) is 0 Å². The number of benzene rings is 1. The summed E-state index contributed by atoms with van der Waals surface area (Å²) in [6, 6.07) is 8.95. The number of hydrogen-bond donors (Lipinski definition) is 1. The molecule has 0 spiro atoms. The minimum Gasteiger partial charge on any atom is -0.325 e. The van der Waals surface area contributed by atoms with Gasteiger partial charge in [0, 0.05) is 5.54 Å². The molecule has 0 atom stereocenters. The minimum absolute atomic E-state index is 0.110. The second-order valence-electron chi connectivity index (χ2n) is 5.29. The first-order chi connectivity index (χ1) is 7.09. The maximum atomic E-state index is 6.23. The Labute approximate surface area is 92.7 Å². The van der Waals surface area contributed by atoms with Crippen LogP contribution in [0.3, 0.4) is 0 Å². The molecule has 1 saturated carbocycles. The molecular formula is C14H21N. The van der Waals surface area contributed by atoms with Gasteiger partial charge in [-0.3, -0.25) is 0 Å². The van der Waals surface area contributed by atoms with Gasteiger partial charge in [-0.1, -0.05) is 38.1 Å². The molecule has 0 unspecified atom stereocenters. The molecule has 82 valence electrons. The second-order valence-corrected chi connectivity index (χ2v) is 5.29. The third kappa shape index (κ3) is 2.40. The lowest BCUT2D eigenvalue weighted by Gasteiger charge is -2.38. The van der Waals surface area contributed by atoms with Crippen LogP contribution in [0.1, 0.15) is 50.2 Å². The normalized spacial score (nSPS) is 18.9. The summed E-state index contributed by atoms with van der Waals surface area (Å²) in [4.78, 5) is 0. The highest BCUT2D eigenvalue weighted by Crippen LogP contribution is 2.32. The van der Waals surface area contributed by atoms with E-state index in [-0.39, 0.29) is 5.54 Å². The summed E-state index contributed by atoms with van der Waals surface area (Å²) in [7, 11) is 0. The fourth-order valence-electron chi connectivity index (χ4n) is 2.23. The van der Waals surface area contributed by atoms with Crippen molar-refractivity contribution in [2.75, 3.05) is 0 Å². The van der Waals surface area contributed by atoms with Crippen LogP contribution in [0.2, 0.25) is 0 Å². The summed E-state index contributed by atoms with van der Waals surface area (Å²) in [6.07, 6.45) is 4.74. The predicted molar refractivity (Wildman–Crippen MR) is 65.0 cm³/mol. The van der Waals surface area contributed by atoms with E-state index in [9.17, 15) is 0 Å². The minimum atomic E-state index is 0.110. The fraction of sp³-hybridized carbons (Fsp3) is 0.571. The molecule has 1 aliphatic carbocycles. The third-order valence-electron chi connectivity index (χ3n) is 3.55. The van der Waals surface area contributed by atoms with Gasteiger partial charge in [0.05, 0.1) is 0 Å². The van der Waals surface area contributed by atoms with Crippen molar-refractivity contribution in [3.05, 3.63) is 35.4 Å². The van der Waals surface area contributed by atoms with Crippen LogP contribution in [-0.4, -0.2) is 5.54 Å². The lowest BCUT2D eigenvalue weighted by molar-refractivity contribution is 0.247. The zero-order valence-electron chi connectivity index (χ0n) is 9.79. The Hall–Kier alpha value is -0.820. The van der Waals surface area contributed by atoms with Crippen LogP contribution in [0.5, 0.6) is 0 Å². The highest BCUT2D eigenvalue weighted by atomic mass is 14.8. The molecule has 0 saturated heterocycles. The van der Waals surface area contributed by atoms with Crippen LogP contribution in [0.25, 0.3) is 0 Å². The molecule has 0 bridgehead atoms. The van der Waals surface area contributed by atoms with Crippen molar-refractivity contribution in [1.29, 1.82) is 0 Å². The molecule has 2 rings (SSSR count). The van der Waals surface area contributed by atoms with Crippen molar-refractivity contribution >= 4 is 0 Å². The van der Waals surface area contributed by atoms with Crippen LogP contribution in [0.15, 0.2) is 24.3 Å². The van der Waals surface area contributed by atoms with E-state index in [4.69, 9.17) is 5.73 Å². The first-order valence-corrected chi connectivity index (χ1v) is 5.97. The quantitative estimate of drug-likeness (QED) is 0.802. The van der Waals surface area contributed by atoms with Crippen molar-refractivity contribution in [2.45, 2.75) is 51.0 Å². The summed E-state index contributed by atoms with van der Waals surface area (Å²) >= 11 is 0. The van der Waals surface area contributed by atoms with Gasteiger partial charge in [0.1, 0.15) is 0 Å². The molecule has 1 aliphatic rings. The van der Waals surface area contributed by atoms with E-state index in [1.54, 1.807) is 0 Å². The van der Waals surface area contributed by atoms with Gasteiger partial charge in [-0.05, 0) is 42.7 Å². The smallest absolute Gasteiger partial charge is 0.0195 e. The maximum absolute atomic E-state index is 6.23. The largest absolute Gasteiger partial charge is 0.325 e. The Morgan fingerprint density at radius 3 is 2.20 bits per heavy atom. The number of nitrogens with two attached hydrogens (primary N) is 1. The molecule has 1 heteroatoms. The molecule has 0 aromatic heterocycles. The molecular weight excluding hydrogens is 182 g/mol. The van der Waals surface area contributed by atoms with E-state index < -0.39 is 0 Å². The Morgan fingerprint density at radius 1 is 1.20 bits per heavy atom. The maximum Gasteiger partial charge on any atom is 0.0195 e. The van der Waals surface area contributed by atoms with E-state index in [0.717, 1.165) is 6.42 Å². The van der Waals surface area contributed by atoms with E-state index in [1.807, 2.05) is 0 Å². The van der Waals surface area contributed by atoms with Gasteiger partial charge < -0.3 is 5.73 Å². The Morgan fingerprint density at radius 2 is 1.80 bits per heavy atom.